The molecule has 2 aromatic rings. The molecule has 0 spiro atoms. The van der Waals surface area contributed by atoms with Crippen LogP contribution < -0.4 is 4.90 Å². The molecule has 1 saturated heterocycles. The highest BCUT2D eigenvalue weighted by atomic mass is 79.9. The number of nitrogens with zero attached hydrogens (tertiary/aromatic N) is 2. The first-order valence-corrected chi connectivity index (χ1v) is 10.5. The number of hydrogen-bond donors (Lipinski definition) is 1. The Balaban J connectivity index is 1.41. The average Bonchev–Trinajstić information content (AvgIpc) is 2.62. The predicted octanol–water partition coefficient (Wildman–Crippen LogP) is 4.38. The second-order valence-electron chi connectivity index (χ2n) is 6.19. The molecular formula is C19H22BrClN2OS. The molecule has 0 aromatic heterocycles. The van der Waals surface area contributed by atoms with Crippen molar-refractivity contribution in [3.63, 3.8) is 0 Å². The van der Waals surface area contributed by atoms with Gasteiger partial charge < -0.3 is 10.0 Å². The lowest BCUT2D eigenvalue weighted by Crippen LogP contribution is -2.48. The van der Waals surface area contributed by atoms with Crippen molar-refractivity contribution >= 4 is 45.0 Å². The van der Waals surface area contributed by atoms with E-state index in [2.05, 4.69) is 43.9 Å². The SMILES string of the molecule is O[C@H](CSc1ccc(Br)cc1)CN1CCN(c2cccc(Cl)c2)CC1. The Labute approximate surface area is 167 Å². The molecule has 1 atom stereocenters. The molecule has 1 aliphatic heterocycles. The quantitative estimate of drug-likeness (QED) is 0.673. The van der Waals surface area contributed by atoms with Crippen molar-refractivity contribution in [1.29, 1.82) is 0 Å². The minimum Gasteiger partial charge on any atom is -0.391 e. The normalized spacial score (nSPS) is 16.8. The topological polar surface area (TPSA) is 26.7 Å². The second-order valence-corrected chi connectivity index (χ2v) is 8.63. The summed E-state index contributed by atoms with van der Waals surface area (Å²) in [6, 6.07) is 16.2. The summed E-state index contributed by atoms with van der Waals surface area (Å²) in [6.07, 6.45) is -0.314. The van der Waals surface area contributed by atoms with Gasteiger partial charge in [0.05, 0.1) is 6.10 Å². The van der Waals surface area contributed by atoms with Crippen LogP contribution in [0.15, 0.2) is 57.9 Å². The van der Waals surface area contributed by atoms with Crippen molar-refractivity contribution in [1.82, 2.24) is 4.90 Å². The summed E-state index contributed by atoms with van der Waals surface area (Å²) < 4.78 is 1.08. The number of hydrogen-bond acceptors (Lipinski definition) is 4. The maximum Gasteiger partial charge on any atom is 0.0760 e. The van der Waals surface area contributed by atoms with Gasteiger partial charge >= 0.3 is 0 Å². The Morgan fingerprint density at radius 1 is 1.08 bits per heavy atom. The first-order chi connectivity index (χ1) is 12.1. The fourth-order valence-corrected chi connectivity index (χ4v) is 4.20. The summed E-state index contributed by atoms with van der Waals surface area (Å²) in [5.41, 5.74) is 1.18. The summed E-state index contributed by atoms with van der Waals surface area (Å²) in [5, 5.41) is 11.1. The van der Waals surface area contributed by atoms with Gasteiger partial charge in [0.25, 0.3) is 0 Å². The van der Waals surface area contributed by atoms with Crippen molar-refractivity contribution in [2.75, 3.05) is 43.4 Å². The van der Waals surface area contributed by atoms with E-state index in [0.717, 1.165) is 48.0 Å². The van der Waals surface area contributed by atoms with Crippen LogP contribution in [0.2, 0.25) is 5.02 Å². The number of β-amino-alcohol motifs (C(OH)–C–C–N with tert-alkyl or cyclic N) is 1. The van der Waals surface area contributed by atoms with Crippen LogP contribution in [0.4, 0.5) is 5.69 Å². The molecule has 0 unspecified atom stereocenters. The highest BCUT2D eigenvalue weighted by molar-refractivity contribution is 9.10. The molecule has 0 bridgehead atoms. The first-order valence-electron chi connectivity index (χ1n) is 8.39. The van der Waals surface area contributed by atoms with Crippen LogP contribution in [0.1, 0.15) is 0 Å². The van der Waals surface area contributed by atoms with Crippen molar-refractivity contribution in [2.45, 2.75) is 11.0 Å². The minimum atomic E-state index is -0.314. The highest BCUT2D eigenvalue weighted by Crippen LogP contribution is 2.23. The van der Waals surface area contributed by atoms with E-state index >= 15 is 0 Å². The molecule has 25 heavy (non-hydrogen) atoms. The second kappa shape index (κ2) is 9.28. The van der Waals surface area contributed by atoms with E-state index in [1.807, 2.05) is 30.3 Å². The first kappa shape index (κ1) is 19.1. The largest absolute Gasteiger partial charge is 0.391 e. The lowest BCUT2D eigenvalue weighted by molar-refractivity contribution is 0.126. The van der Waals surface area contributed by atoms with E-state index in [1.54, 1.807) is 11.8 Å². The summed E-state index contributed by atoms with van der Waals surface area (Å²) in [7, 11) is 0. The van der Waals surface area contributed by atoms with Crippen LogP contribution in [0.5, 0.6) is 0 Å². The number of anilines is 1. The number of halogens is 2. The summed E-state index contributed by atoms with van der Waals surface area (Å²) in [5.74, 6) is 0.718. The van der Waals surface area contributed by atoms with Crippen LogP contribution in [-0.4, -0.2) is 54.6 Å². The van der Waals surface area contributed by atoms with Gasteiger partial charge in [0.2, 0.25) is 0 Å². The van der Waals surface area contributed by atoms with Gasteiger partial charge in [0.15, 0.2) is 0 Å². The van der Waals surface area contributed by atoms with Crippen LogP contribution >= 0.6 is 39.3 Å². The Hall–Kier alpha value is -0.720. The highest BCUT2D eigenvalue weighted by Gasteiger charge is 2.19. The molecule has 0 saturated carbocycles. The number of thioether (sulfide) groups is 1. The third-order valence-corrected chi connectivity index (χ3v) is 6.19. The number of piperazine rings is 1. The molecule has 134 valence electrons. The molecule has 0 aliphatic carbocycles. The van der Waals surface area contributed by atoms with E-state index < -0.39 is 0 Å². The zero-order chi connectivity index (χ0) is 17.6. The molecule has 1 fully saturated rings. The van der Waals surface area contributed by atoms with Crippen LogP contribution in [0.3, 0.4) is 0 Å². The molecule has 3 rings (SSSR count). The fraction of sp³-hybridized carbons (Fsp3) is 0.368. The standard InChI is InChI=1S/C19H22BrClN2OS/c20-15-4-6-19(7-5-15)25-14-18(24)13-22-8-10-23(11-9-22)17-3-1-2-16(21)12-17/h1-7,12,18,24H,8-11,13-14H2/t18-/m0/s1. The van der Waals surface area contributed by atoms with Gasteiger partial charge in [-0.25, -0.2) is 0 Å². The summed E-state index contributed by atoms with van der Waals surface area (Å²) >= 11 is 11.2. The Bertz CT molecular complexity index is 677. The van der Waals surface area contributed by atoms with Crippen molar-refractivity contribution in [3.05, 3.63) is 58.0 Å². The Kier molecular flexibility index (Phi) is 7.08. The molecule has 1 aliphatic rings. The number of benzene rings is 2. The zero-order valence-corrected chi connectivity index (χ0v) is 17.1. The maximum atomic E-state index is 10.3. The molecule has 3 nitrogen and oxygen atoms in total. The molecule has 2 aromatic carbocycles. The number of rotatable bonds is 6. The predicted molar refractivity (Wildman–Crippen MR) is 111 cm³/mol. The van der Waals surface area contributed by atoms with Crippen LogP contribution in [0, 0.1) is 0 Å². The lowest BCUT2D eigenvalue weighted by Gasteiger charge is -2.37. The maximum absolute atomic E-state index is 10.3. The molecule has 1 heterocycles. The van der Waals surface area contributed by atoms with Crippen molar-refractivity contribution < 1.29 is 5.11 Å². The van der Waals surface area contributed by atoms with E-state index in [0.29, 0.717) is 0 Å². The molecule has 1 N–H and O–H groups in total. The molecule has 6 heteroatoms. The zero-order valence-electron chi connectivity index (χ0n) is 13.9. The van der Waals surface area contributed by atoms with Gasteiger partial charge in [-0.15, -0.1) is 11.8 Å². The van der Waals surface area contributed by atoms with Gasteiger partial charge in [0, 0.05) is 58.6 Å². The summed E-state index contributed by atoms with van der Waals surface area (Å²) in [6.45, 7) is 4.59. The van der Waals surface area contributed by atoms with Gasteiger partial charge in [-0.05, 0) is 42.5 Å². The third-order valence-electron chi connectivity index (χ3n) is 4.27. The summed E-state index contributed by atoms with van der Waals surface area (Å²) in [4.78, 5) is 5.88. The molecule has 0 amide bonds. The van der Waals surface area contributed by atoms with E-state index in [9.17, 15) is 5.11 Å². The third kappa shape index (κ3) is 5.90. The van der Waals surface area contributed by atoms with Gasteiger partial charge in [0.1, 0.15) is 0 Å². The molecular weight excluding hydrogens is 420 g/mol. The van der Waals surface area contributed by atoms with E-state index in [1.165, 1.54) is 10.6 Å². The van der Waals surface area contributed by atoms with E-state index in [4.69, 9.17) is 11.6 Å². The Morgan fingerprint density at radius 2 is 1.80 bits per heavy atom. The average molecular weight is 442 g/mol. The lowest BCUT2D eigenvalue weighted by atomic mass is 10.2. The fourth-order valence-electron chi connectivity index (χ4n) is 2.94. The monoisotopic (exact) mass is 440 g/mol. The smallest absolute Gasteiger partial charge is 0.0760 e. The minimum absolute atomic E-state index is 0.314. The van der Waals surface area contributed by atoms with Gasteiger partial charge in [-0.3, -0.25) is 4.90 Å². The Morgan fingerprint density at radius 3 is 2.48 bits per heavy atom. The van der Waals surface area contributed by atoms with Crippen molar-refractivity contribution in [2.24, 2.45) is 0 Å². The van der Waals surface area contributed by atoms with Crippen LogP contribution in [-0.2, 0) is 0 Å². The van der Waals surface area contributed by atoms with Crippen molar-refractivity contribution in [3.8, 4) is 0 Å². The van der Waals surface area contributed by atoms with Crippen LogP contribution in [0.25, 0.3) is 0 Å². The van der Waals surface area contributed by atoms with Gasteiger partial charge in [-0.2, -0.15) is 0 Å². The van der Waals surface area contributed by atoms with E-state index in [-0.39, 0.29) is 6.10 Å². The number of aliphatic hydroxyl groups excluding tert-OH is 1. The number of aliphatic hydroxyl groups is 1. The van der Waals surface area contributed by atoms with Gasteiger partial charge in [-0.1, -0.05) is 33.6 Å². The molecule has 0 radical (unpaired) electrons.